The van der Waals surface area contributed by atoms with Crippen LogP contribution in [0.3, 0.4) is 0 Å². The molecule has 0 aromatic heterocycles. The molecule has 1 atom stereocenters. The molecule has 5 heteroatoms. The zero-order valence-electron chi connectivity index (χ0n) is 16.6. The minimum atomic E-state index is -0.416. The van der Waals surface area contributed by atoms with E-state index >= 15 is 0 Å². The molecule has 28 heavy (non-hydrogen) atoms. The average Bonchev–Trinajstić information content (AvgIpc) is 2.73. The van der Waals surface area contributed by atoms with Crippen molar-refractivity contribution in [2.75, 3.05) is 13.7 Å². The molecule has 2 aromatic carbocycles. The molecule has 0 saturated carbocycles. The van der Waals surface area contributed by atoms with Crippen molar-refractivity contribution in [3.8, 4) is 17.6 Å². The van der Waals surface area contributed by atoms with Crippen LogP contribution in [0.4, 0.5) is 0 Å². The quantitative estimate of drug-likeness (QED) is 0.391. The minimum absolute atomic E-state index is 0.0319. The SMILES string of the molecule is CCCCOc1ccc(/C=C(\C#N)C(=O)NC(C)c2ccccc2)cc1OC. The molecule has 146 valence electrons. The van der Waals surface area contributed by atoms with Crippen LogP contribution in [0.2, 0.25) is 0 Å². The molecule has 0 fully saturated rings. The zero-order chi connectivity index (χ0) is 20.4. The molecule has 1 N–H and O–H groups in total. The van der Waals surface area contributed by atoms with Crippen molar-refractivity contribution < 1.29 is 14.3 Å². The van der Waals surface area contributed by atoms with E-state index in [2.05, 4.69) is 12.2 Å². The maximum Gasteiger partial charge on any atom is 0.262 e. The van der Waals surface area contributed by atoms with Crippen LogP contribution in [-0.2, 0) is 4.79 Å². The molecule has 1 unspecified atom stereocenters. The fourth-order valence-electron chi connectivity index (χ4n) is 2.63. The number of nitrogens with zero attached hydrogens (tertiary/aromatic N) is 1. The van der Waals surface area contributed by atoms with Crippen molar-refractivity contribution in [2.24, 2.45) is 0 Å². The molecule has 2 rings (SSSR count). The first-order valence-electron chi connectivity index (χ1n) is 9.37. The summed E-state index contributed by atoms with van der Waals surface area (Å²) in [5.41, 5.74) is 1.70. The van der Waals surface area contributed by atoms with Crippen molar-refractivity contribution in [2.45, 2.75) is 32.7 Å². The number of rotatable bonds is 9. The Morgan fingerprint density at radius 2 is 1.96 bits per heavy atom. The van der Waals surface area contributed by atoms with E-state index in [0.717, 1.165) is 18.4 Å². The number of amides is 1. The van der Waals surface area contributed by atoms with Gasteiger partial charge in [-0.2, -0.15) is 5.26 Å². The van der Waals surface area contributed by atoms with Gasteiger partial charge in [0.25, 0.3) is 5.91 Å². The van der Waals surface area contributed by atoms with E-state index in [9.17, 15) is 10.1 Å². The van der Waals surface area contributed by atoms with Crippen LogP contribution < -0.4 is 14.8 Å². The third-order valence-electron chi connectivity index (χ3n) is 4.27. The smallest absolute Gasteiger partial charge is 0.262 e. The zero-order valence-corrected chi connectivity index (χ0v) is 16.6. The summed E-state index contributed by atoms with van der Waals surface area (Å²) in [6.45, 7) is 4.60. The van der Waals surface area contributed by atoms with Gasteiger partial charge in [0, 0.05) is 0 Å². The predicted molar refractivity (Wildman–Crippen MR) is 110 cm³/mol. The summed E-state index contributed by atoms with van der Waals surface area (Å²) in [6, 6.07) is 16.7. The molecule has 0 aliphatic heterocycles. The largest absolute Gasteiger partial charge is 0.493 e. The van der Waals surface area contributed by atoms with Gasteiger partial charge in [0.1, 0.15) is 11.6 Å². The van der Waals surface area contributed by atoms with Crippen molar-refractivity contribution >= 4 is 12.0 Å². The Kier molecular flexibility index (Phi) is 8.11. The molecule has 5 nitrogen and oxygen atoms in total. The highest BCUT2D eigenvalue weighted by atomic mass is 16.5. The molecular weight excluding hydrogens is 352 g/mol. The lowest BCUT2D eigenvalue weighted by Crippen LogP contribution is -2.27. The van der Waals surface area contributed by atoms with Crippen LogP contribution in [0.1, 0.15) is 43.9 Å². The lowest BCUT2D eigenvalue weighted by Gasteiger charge is -2.14. The van der Waals surface area contributed by atoms with Gasteiger partial charge in [0.15, 0.2) is 11.5 Å². The summed E-state index contributed by atoms with van der Waals surface area (Å²) in [7, 11) is 1.56. The molecule has 1 amide bonds. The van der Waals surface area contributed by atoms with E-state index in [-0.39, 0.29) is 11.6 Å². The highest BCUT2D eigenvalue weighted by Gasteiger charge is 2.14. The number of carbonyl (C=O) groups excluding carboxylic acids is 1. The standard InChI is InChI=1S/C23H26N2O3/c1-4-5-13-28-21-12-11-18(15-22(21)27-3)14-20(16-24)23(26)25-17(2)19-9-7-6-8-10-19/h6-12,14-15,17H,4-5,13H2,1-3H3,(H,25,26)/b20-14+. The monoisotopic (exact) mass is 378 g/mol. The van der Waals surface area contributed by atoms with E-state index in [0.29, 0.717) is 23.7 Å². The molecule has 0 aliphatic rings. The van der Waals surface area contributed by atoms with Gasteiger partial charge in [0.05, 0.1) is 19.8 Å². The fraction of sp³-hybridized carbons (Fsp3) is 0.304. The van der Waals surface area contributed by atoms with Crippen LogP contribution in [-0.4, -0.2) is 19.6 Å². The van der Waals surface area contributed by atoms with Gasteiger partial charge in [0.2, 0.25) is 0 Å². The maximum atomic E-state index is 12.5. The van der Waals surface area contributed by atoms with Crippen molar-refractivity contribution in [1.82, 2.24) is 5.32 Å². The second-order valence-electron chi connectivity index (χ2n) is 6.39. The Bertz CT molecular complexity index is 854. The third kappa shape index (κ3) is 5.88. The van der Waals surface area contributed by atoms with Crippen LogP contribution in [0, 0.1) is 11.3 Å². The Morgan fingerprint density at radius 1 is 1.21 bits per heavy atom. The van der Waals surface area contributed by atoms with Crippen LogP contribution in [0.5, 0.6) is 11.5 Å². The van der Waals surface area contributed by atoms with Gasteiger partial charge in [-0.25, -0.2) is 0 Å². The van der Waals surface area contributed by atoms with E-state index in [4.69, 9.17) is 9.47 Å². The van der Waals surface area contributed by atoms with Crippen molar-refractivity contribution in [3.05, 3.63) is 65.2 Å². The maximum absolute atomic E-state index is 12.5. The van der Waals surface area contributed by atoms with Gasteiger partial charge in [-0.15, -0.1) is 0 Å². The molecule has 0 bridgehead atoms. The first-order valence-corrected chi connectivity index (χ1v) is 9.37. The number of hydrogen-bond donors (Lipinski definition) is 1. The van der Waals surface area contributed by atoms with Gasteiger partial charge >= 0.3 is 0 Å². The highest BCUT2D eigenvalue weighted by molar-refractivity contribution is 6.01. The summed E-state index contributed by atoms with van der Waals surface area (Å²) in [5, 5.41) is 12.3. The molecule has 0 heterocycles. The molecule has 0 spiro atoms. The molecule has 0 radical (unpaired) electrons. The summed E-state index contributed by atoms with van der Waals surface area (Å²) in [4.78, 5) is 12.5. The number of nitriles is 1. The first-order chi connectivity index (χ1) is 13.6. The summed E-state index contributed by atoms with van der Waals surface area (Å²) >= 11 is 0. The topological polar surface area (TPSA) is 71.3 Å². The predicted octanol–water partition coefficient (Wildman–Crippen LogP) is 4.66. The first kappa shape index (κ1) is 21.0. The molecule has 0 saturated heterocycles. The molecule has 2 aromatic rings. The average molecular weight is 378 g/mol. The van der Waals surface area contributed by atoms with E-state index in [1.165, 1.54) is 0 Å². The van der Waals surface area contributed by atoms with Gasteiger partial charge in [-0.05, 0) is 42.7 Å². The highest BCUT2D eigenvalue weighted by Crippen LogP contribution is 2.29. The second kappa shape index (κ2) is 10.8. The summed E-state index contributed by atoms with van der Waals surface area (Å²) in [5.74, 6) is 0.801. The van der Waals surface area contributed by atoms with Crippen molar-refractivity contribution in [3.63, 3.8) is 0 Å². The number of carbonyl (C=O) groups is 1. The van der Waals surface area contributed by atoms with Crippen LogP contribution >= 0.6 is 0 Å². The van der Waals surface area contributed by atoms with E-state index in [1.807, 2.05) is 43.3 Å². The number of ether oxygens (including phenoxy) is 2. The number of unbranched alkanes of at least 4 members (excludes halogenated alkanes) is 1. The van der Waals surface area contributed by atoms with Gasteiger partial charge in [-0.1, -0.05) is 49.7 Å². The summed E-state index contributed by atoms with van der Waals surface area (Å²) < 4.78 is 11.1. The van der Waals surface area contributed by atoms with Crippen molar-refractivity contribution in [1.29, 1.82) is 5.26 Å². The summed E-state index contributed by atoms with van der Waals surface area (Å²) in [6.07, 6.45) is 3.56. The Balaban J connectivity index is 2.14. The Morgan fingerprint density at radius 3 is 2.61 bits per heavy atom. The lowest BCUT2D eigenvalue weighted by atomic mass is 10.1. The minimum Gasteiger partial charge on any atom is -0.493 e. The van der Waals surface area contributed by atoms with Gasteiger partial charge in [-0.3, -0.25) is 4.79 Å². The second-order valence-corrected chi connectivity index (χ2v) is 6.39. The third-order valence-corrected chi connectivity index (χ3v) is 4.27. The number of nitrogens with one attached hydrogen (secondary N) is 1. The number of hydrogen-bond acceptors (Lipinski definition) is 4. The lowest BCUT2D eigenvalue weighted by molar-refractivity contribution is -0.117. The van der Waals surface area contributed by atoms with E-state index < -0.39 is 5.91 Å². The number of methoxy groups -OCH3 is 1. The molecule has 0 aliphatic carbocycles. The van der Waals surface area contributed by atoms with Crippen LogP contribution in [0.15, 0.2) is 54.1 Å². The number of benzene rings is 2. The molecular formula is C23H26N2O3. The normalized spacial score (nSPS) is 12.0. The van der Waals surface area contributed by atoms with Crippen LogP contribution in [0.25, 0.3) is 6.08 Å². The van der Waals surface area contributed by atoms with E-state index in [1.54, 1.807) is 31.4 Å². The van der Waals surface area contributed by atoms with Gasteiger partial charge < -0.3 is 14.8 Å². The Hall–Kier alpha value is -3.26. The fourth-order valence-corrected chi connectivity index (χ4v) is 2.63. The Labute approximate surface area is 166 Å².